The topological polar surface area (TPSA) is 72.9 Å². The number of halogens is 1. The minimum absolute atomic E-state index is 0.127. The third kappa shape index (κ3) is 3.85. The second-order valence-corrected chi connectivity index (χ2v) is 4.36. The predicted molar refractivity (Wildman–Crippen MR) is 78.2 cm³/mol. The van der Waals surface area contributed by atoms with Crippen LogP contribution >= 0.6 is 11.6 Å². The normalized spacial score (nSPS) is 9.70. The van der Waals surface area contributed by atoms with Crippen LogP contribution in [0, 0.1) is 11.8 Å². The van der Waals surface area contributed by atoms with E-state index >= 15 is 0 Å². The Hall–Kier alpha value is -2.29. The Balaban J connectivity index is 2.09. The summed E-state index contributed by atoms with van der Waals surface area (Å²) >= 11 is 6.05. The second kappa shape index (κ2) is 6.75. The van der Waals surface area contributed by atoms with Crippen LogP contribution in [-0.4, -0.2) is 22.2 Å². The maximum absolute atomic E-state index is 11.9. The molecule has 0 saturated carbocycles. The van der Waals surface area contributed by atoms with Crippen molar-refractivity contribution >= 4 is 23.2 Å². The maximum Gasteiger partial charge on any atom is 0.246 e. The molecule has 0 spiro atoms. The first-order valence-corrected chi connectivity index (χ1v) is 6.32. The molecule has 1 heterocycles. The standard InChI is InChI=1S/C14H13ClN4O/c15-12-5-4-11(3-1-6-16)9-13(12)18-14(20)10-19-8-2-7-17-19/h2,4-5,7-9H,6,10,16H2,(H,18,20). The zero-order valence-corrected chi connectivity index (χ0v) is 11.4. The fourth-order valence-corrected chi connectivity index (χ4v) is 1.75. The number of nitrogens with one attached hydrogen (secondary N) is 1. The van der Waals surface area contributed by atoms with E-state index in [0.29, 0.717) is 10.7 Å². The molecule has 0 aliphatic heterocycles. The largest absolute Gasteiger partial charge is 0.323 e. The molecule has 20 heavy (non-hydrogen) atoms. The highest BCUT2D eigenvalue weighted by Gasteiger charge is 2.07. The smallest absolute Gasteiger partial charge is 0.246 e. The molecule has 2 rings (SSSR count). The molecule has 102 valence electrons. The third-order valence-corrected chi connectivity index (χ3v) is 2.77. The summed E-state index contributed by atoms with van der Waals surface area (Å²) in [4.78, 5) is 11.9. The Morgan fingerprint density at radius 2 is 2.35 bits per heavy atom. The van der Waals surface area contributed by atoms with E-state index in [1.165, 1.54) is 4.68 Å². The molecular formula is C14H13ClN4O. The van der Waals surface area contributed by atoms with Gasteiger partial charge in [0.1, 0.15) is 6.54 Å². The average Bonchev–Trinajstić information content (AvgIpc) is 2.92. The summed E-state index contributed by atoms with van der Waals surface area (Å²) in [7, 11) is 0. The SMILES string of the molecule is NCC#Cc1ccc(Cl)c(NC(=O)Cn2cccn2)c1. The van der Waals surface area contributed by atoms with Gasteiger partial charge in [0.05, 0.1) is 17.3 Å². The Morgan fingerprint density at radius 1 is 1.50 bits per heavy atom. The summed E-state index contributed by atoms with van der Waals surface area (Å²) in [6.07, 6.45) is 3.33. The van der Waals surface area contributed by atoms with E-state index in [2.05, 4.69) is 22.3 Å². The number of nitrogens with two attached hydrogens (primary N) is 1. The lowest BCUT2D eigenvalue weighted by Crippen LogP contribution is -2.19. The fourth-order valence-electron chi connectivity index (χ4n) is 1.58. The molecule has 2 aromatic rings. The van der Waals surface area contributed by atoms with Crippen LogP contribution in [0.5, 0.6) is 0 Å². The van der Waals surface area contributed by atoms with Crippen molar-refractivity contribution in [3.05, 3.63) is 47.2 Å². The van der Waals surface area contributed by atoms with E-state index in [4.69, 9.17) is 17.3 Å². The summed E-state index contributed by atoms with van der Waals surface area (Å²) in [5.74, 6) is 5.43. The molecule has 0 saturated heterocycles. The summed E-state index contributed by atoms with van der Waals surface area (Å²) in [5.41, 5.74) is 6.59. The zero-order valence-electron chi connectivity index (χ0n) is 10.6. The first kappa shape index (κ1) is 14.1. The number of benzene rings is 1. The van der Waals surface area contributed by atoms with E-state index < -0.39 is 0 Å². The van der Waals surface area contributed by atoms with E-state index in [0.717, 1.165) is 5.56 Å². The first-order valence-electron chi connectivity index (χ1n) is 5.95. The van der Waals surface area contributed by atoms with Crippen molar-refractivity contribution < 1.29 is 4.79 Å². The molecule has 6 heteroatoms. The van der Waals surface area contributed by atoms with E-state index in [1.54, 1.807) is 36.7 Å². The molecule has 1 aromatic carbocycles. The van der Waals surface area contributed by atoms with Crippen LogP contribution in [0.4, 0.5) is 5.69 Å². The highest BCUT2D eigenvalue weighted by molar-refractivity contribution is 6.33. The number of anilines is 1. The zero-order chi connectivity index (χ0) is 14.4. The molecule has 0 fully saturated rings. The Labute approximate surface area is 121 Å². The Kier molecular flexibility index (Phi) is 4.77. The summed E-state index contributed by atoms with van der Waals surface area (Å²) in [5, 5.41) is 7.16. The van der Waals surface area contributed by atoms with Gasteiger partial charge in [0.2, 0.25) is 5.91 Å². The molecule has 1 aromatic heterocycles. The van der Waals surface area contributed by atoms with Gasteiger partial charge in [-0.2, -0.15) is 5.10 Å². The van der Waals surface area contributed by atoms with Gasteiger partial charge in [0, 0.05) is 18.0 Å². The minimum Gasteiger partial charge on any atom is -0.323 e. The minimum atomic E-state index is -0.209. The molecule has 0 atom stereocenters. The maximum atomic E-state index is 11.9. The third-order valence-electron chi connectivity index (χ3n) is 2.44. The van der Waals surface area contributed by atoms with Crippen molar-refractivity contribution in [3.8, 4) is 11.8 Å². The van der Waals surface area contributed by atoms with Gasteiger partial charge >= 0.3 is 0 Å². The van der Waals surface area contributed by atoms with Gasteiger partial charge in [-0.05, 0) is 24.3 Å². The number of hydrogen-bond acceptors (Lipinski definition) is 3. The van der Waals surface area contributed by atoms with Gasteiger partial charge in [-0.3, -0.25) is 9.48 Å². The number of nitrogens with zero attached hydrogens (tertiary/aromatic N) is 2. The second-order valence-electron chi connectivity index (χ2n) is 3.95. The van der Waals surface area contributed by atoms with Crippen molar-refractivity contribution in [3.63, 3.8) is 0 Å². The van der Waals surface area contributed by atoms with Crippen LogP contribution in [0.1, 0.15) is 5.56 Å². The van der Waals surface area contributed by atoms with Crippen LogP contribution in [0.15, 0.2) is 36.7 Å². The van der Waals surface area contributed by atoms with Crippen LogP contribution in [-0.2, 0) is 11.3 Å². The molecule has 0 bridgehead atoms. The summed E-state index contributed by atoms with van der Waals surface area (Å²) < 4.78 is 1.53. The lowest BCUT2D eigenvalue weighted by atomic mass is 10.2. The van der Waals surface area contributed by atoms with Gasteiger partial charge in [0.15, 0.2) is 0 Å². The van der Waals surface area contributed by atoms with Gasteiger partial charge in [-0.25, -0.2) is 0 Å². The highest BCUT2D eigenvalue weighted by Crippen LogP contribution is 2.22. The van der Waals surface area contributed by atoms with Crippen molar-refractivity contribution in [1.29, 1.82) is 0 Å². The van der Waals surface area contributed by atoms with E-state index in [-0.39, 0.29) is 19.0 Å². The molecule has 1 amide bonds. The van der Waals surface area contributed by atoms with Crippen LogP contribution in [0.3, 0.4) is 0 Å². The molecule has 0 unspecified atom stereocenters. The number of carbonyl (C=O) groups excluding carboxylic acids is 1. The molecule has 5 nitrogen and oxygen atoms in total. The molecule has 0 aliphatic carbocycles. The first-order chi connectivity index (χ1) is 9.69. The Morgan fingerprint density at radius 3 is 3.05 bits per heavy atom. The summed E-state index contributed by atoms with van der Waals surface area (Å²) in [6.45, 7) is 0.408. The number of hydrogen-bond donors (Lipinski definition) is 2. The summed E-state index contributed by atoms with van der Waals surface area (Å²) in [6, 6.07) is 6.93. The molecule has 0 aliphatic rings. The van der Waals surface area contributed by atoms with E-state index in [9.17, 15) is 4.79 Å². The van der Waals surface area contributed by atoms with Crippen LogP contribution in [0.25, 0.3) is 0 Å². The number of aromatic nitrogens is 2. The fraction of sp³-hybridized carbons (Fsp3) is 0.143. The van der Waals surface area contributed by atoms with Crippen molar-refractivity contribution in [2.45, 2.75) is 6.54 Å². The van der Waals surface area contributed by atoms with Gasteiger partial charge in [-0.15, -0.1) is 0 Å². The van der Waals surface area contributed by atoms with Crippen molar-refractivity contribution in [2.75, 3.05) is 11.9 Å². The lowest BCUT2D eigenvalue weighted by Gasteiger charge is -2.08. The lowest BCUT2D eigenvalue weighted by molar-refractivity contribution is -0.116. The van der Waals surface area contributed by atoms with Gasteiger partial charge in [-0.1, -0.05) is 23.4 Å². The van der Waals surface area contributed by atoms with E-state index in [1.807, 2.05) is 0 Å². The monoisotopic (exact) mass is 288 g/mol. The van der Waals surface area contributed by atoms with Crippen molar-refractivity contribution in [1.82, 2.24) is 9.78 Å². The van der Waals surface area contributed by atoms with Crippen molar-refractivity contribution in [2.24, 2.45) is 5.73 Å². The average molecular weight is 289 g/mol. The highest BCUT2D eigenvalue weighted by atomic mass is 35.5. The number of amides is 1. The predicted octanol–water partition coefficient (Wildman–Crippen LogP) is 1.49. The van der Waals surface area contributed by atoms with Gasteiger partial charge < -0.3 is 11.1 Å². The number of carbonyl (C=O) groups is 1. The quantitative estimate of drug-likeness (QED) is 0.841. The molecule has 0 radical (unpaired) electrons. The van der Waals surface area contributed by atoms with Gasteiger partial charge in [0.25, 0.3) is 0 Å². The van der Waals surface area contributed by atoms with Crippen LogP contribution < -0.4 is 11.1 Å². The molecule has 3 N–H and O–H groups in total. The molecular weight excluding hydrogens is 276 g/mol. The van der Waals surface area contributed by atoms with Crippen LogP contribution in [0.2, 0.25) is 5.02 Å². The number of rotatable bonds is 3. The Bertz CT molecular complexity index is 656.